The van der Waals surface area contributed by atoms with Crippen LogP contribution in [-0.4, -0.2) is 27.2 Å². The van der Waals surface area contributed by atoms with E-state index in [-0.39, 0.29) is 5.91 Å². The Hall–Kier alpha value is -4.03. The van der Waals surface area contributed by atoms with Crippen LogP contribution >= 0.6 is 11.3 Å². The maximum Gasteiger partial charge on any atom is 0.263 e. The molecule has 5 aromatic rings. The van der Waals surface area contributed by atoms with Crippen LogP contribution in [0.1, 0.15) is 27.3 Å². The van der Waals surface area contributed by atoms with Gasteiger partial charge >= 0.3 is 0 Å². The number of benzene rings is 3. The largest absolute Gasteiger partial charge is 0.284 e. The quantitative estimate of drug-likeness (QED) is 0.268. The Labute approximate surface area is 209 Å². The van der Waals surface area contributed by atoms with Gasteiger partial charge in [-0.1, -0.05) is 78.9 Å². The highest BCUT2D eigenvalue weighted by molar-refractivity contribution is 7.14. The summed E-state index contributed by atoms with van der Waals surface area (Å²) in [5.41, 5.74) is 6.18. The van der Waals surface area contributed by atoms with Crippen molar-refractivity contribution in [1.29, 1.82) is 0 Å². The zero-order valence-electron chi connectivity index (χ0n) is 19.8. The fourth-order valence-corrected chi connectivity index (χ4v) is 5.07. The maximum absolute atomic E-state index is 14.0. The summed E-state index contributed by atoms with van der Waals surface area (Å²) >= 11 is 1.49. The lowest BCUT2D eigenvalue weighted by molar-refractivity contribution is 0.0986. The third-order valence-corrected chi connectivity index (χ3v) is 6.87. The van der Waals surface area contributed by atoms with Crippen LogP contribution in [0.5, 0.6) is 0 Å². The minimum absolute atomic E-state index is 0.0768. The summed E-state index contributed by atoms with van der Waals surface area (Å²) in [6.45, 7) is 4.37. The molecule has 5 rings (SSSR count). The number of aryl methyl sites for hydroxylation is 1. The second kappa shape index (κ2) is 10.1. The Morgan fingerprint density at radius 1 is 0.886 bits per heavy atom. The third-order valence-electron chi connectivity index (χ3n) is 6.01. The third kappa shape index (κ3) is 4.79. The van der Waals surface area contributed by atoms with Crippen LogP contribution in [0, 0.1) is 13.8 Å². The molecule has 1 amide bonds. The smallest absolute Gasteiger partial charge is 0.263 e. The van der Waals surface area contributed by atoms with Crippen LogP contribution in [0.3, 0.4) is 0 Å². The summed E-state index contributed by atoms with van der Waals surface area (Å²) in [4.78, 5) is 20.7. The number of hydrogen-bond donors (Lipinski definition) is 0. The van der Waals surface area contributed by atoms with E-state index in [0.29, 0.717) is 22.9 Å². The van der Waals surface area contributed by atoms with Crippen molar-refractivity contribution < 1.29 is 4.79 Å². The van der Waals surface area contributed by atoms with Gasteiger partial charge in [-0.3, -0.25) is 9.69 Å². The molecule has 2 aromatic heterocycles. The SMILES string of the molecule is Cc1nn(-c2ccccc2)c(C)c1C(=O)N(CCc1ccccc1)c1nc(-c2ccccc2)cs1. The molecule has 0 N–H and O–H groups in total. The molecule has 0 unspecified atom stereocenters. The molecular weight excluding hydrogens is 452 g/mol. The van der Waals surface area contributed by atoms with E-state index < -0.39 is 0 Å². The van der Waals surface area contributed by atoms with Crippen LogP contribution in [-0.2, 0) is 6.42 Å². The predicted molar refractivity (Wildman–Crippen MR) is 142 cm³/mol. The van der Waals surface area contributed by atoms with E-state index in [1.165, 1.54) is 16.9 Å². The molecule has 0 saturated carbocycles. The standard InChI is InChI=1S/C29H26N4OS/c1-21-27(22(2)33(31-21)25-16-10-5-11-17-25)28(34)32(19-18-23-12-6-3-7-13-23)29-30-26(20-35-29)24-14-8-4-9-15-24/h3-17,20H,18-19H2,1-2H3. The average Bonchev–Trinajstić information content (AvgIpc) is 3.50. The number of rotatable bonds is 7. The molecule has 0 atom stereocenters. The van der Waals surface area contributed by atoms with Gasteiger partial charge in [0.1, 0.15) is 0 Å². The summed E-state index contributed by atoms with van der Waals surface area (Å²) in [6, 6.07) is 30.2. The van der Waals surface area contributed by atoms with Gasteiger partial charge in [0, 0.05) is 17.5 Å². The van der Waals surface area contributed by atoms with Crippen LogP contribution in [0.15, 0.2) is 96.4 Å². The zero-order valence-corrected chi connectivity index (χ0v) is 20.6. The first kappa shape index (κ1) is 22.7. The first-order valence-corrected chi connectivity index (χ1v) is 12.5. The van der Waals surface area contributed by atoms with Crippen molar-refractivity contribution in [3.63, 3.8) is 0 Å². The lowest BCUT2D eigenvalue weighted by Gasteiger charge is -2.20. The molecule has 0 aliphatic carbocycles. The number of para-hydroxylation sites is 1. The first-order valence-electron chi connectivity index (χ1n) is 11.6. The summed E-state index contributed by atoms with van der Waals surface area (Å²) in [5, 5.41) is 7.41. The first-order chi connectivity index (χ1) is 17.1. The Morgan fingerprint density at radius 3 is 2.20 bits per heavy atom. The van der Waals surface area contributed by atoms with Crippen molar-refractivity contribution in [2.24, 2.45) is 0 Å². The molecule has 0 radical (unpaired) electrons. The Morgan fingerprint density at radius 2 is 1.51 bits per heavy atom. The molecule has 0 bridgehead atoms. The topological polar surface area (TPSA) is 51.0 Å². The van der Waals surface area contributed by atoms with Gasteiger partial charge in [0.15, 0.2) is 5.13 Å². The Bertz CT molecular complexity index is 1430. The number of carbonyl (C=O) groups is 1. The van der Waals surface area contributed by atoms with Crippen molar-refractivity contribution >= 4 is 22.4 Å². The fourth-order valence-electron chi connectivity index (χ4n) is 4.21. The van der Waals surface area contributed by atoms with Crippen LogP contribution in [0.25, 0.3) is 16.9 Å². The highest BCUT2D eigenvalue weighted by Gasteiger charge is 2.27. The number of nitrogens with zero attached hydrogens (tertiary/aromatic N) is 4. The summed E-state index contributed by atoms with van der Waals surface area (Å²) in [5.74, 6) is -0.0768. The minimum atomic E-state index is -0.0768. The van der Waals surface area contributed by atoms with Crippen molar-refractivity contribution in [3.8, 4) is 16.9 Å². The van der Waals surface area contributed by atoms with Gasteiger partial charge in [-0.15, -0.1) is 11.3 Å². The molecule has 0 fully saturated rings. The van der Waals surface area contributed by atoms with Crippen LogP contribution < -0.4 is 4.90 Å². The molecule has 0 aliphatic heterocycles. The molecule has 3 aromatic carbocycles. The maximum atomic E-state index is 14.0. The van der Waals surface area contributed by atoms with E-state index in [4.69, 9.17) is 10.1 Å². The highest BCUT2D eigenvalue weighted by Crippen LogP contribution is 2.30. The molecule has 0 aliphatic rings. The van der Waals surface area contributed by atoms with Gasteiger partial charge in [0.05, 0.1) is 28.3 Å². The molecule has 35 heavy (non-hydrogen) atoms. The second-order valence-electron chi connectivity index (χ2n) is 8.37. The van der Waals surface area contributed by atoms with E-state index in [1.54, 1.807) is 4.90 Å². The molecular formula is C29H26N4OS. The van der Waals surface area contributed by atoms with Gasteiger partial charge in [-0.05, 0) is 38.0 Å². The highest BCUT2D eigenvalue weighted by atomic mass is 32.1. The summed E-state index contributed by atoms with van der Waals surface area (Å²) in [6.07, 6.45) is 0.734. The van der Waals surface area contributed by atoms with Gasteiger partial charge in [-0.2, -0.15) is 5.10 Å². The van der Waals surface area contributed by atoms with E-state index in [1.807, 2.05) is 103 Å². The van der Waals surface area contributed by atoms with E-state index >= 15 is 0 Å². The number of hydrogen-bond acceptors (Lipinski definition) is 4. The van der Waals surface area contributed by atoms with Gasteiger partial charge in [0.25, 0.3) is 5.91 Å². The lowest BCUT2D eigenvalue weighted by Crippen LogP contribution is -2.33. The van der Waals surface area contributed by atoms with Crippen LogP contribution in [0.4, 0.5) is 5.13 Å². The normalized spacial score (nSPS) is 10.9. The fraction of sp³-hybridized carbons (Fsp3) is 0.138. The Kier molecular flexibility index (Phi) is 6.55. The van der Waals surface area contributed by atoms with Gasteiger partial charge < -0.3 is 0 Å². The second-order valence-corrected chi connectivity index (χ2v) is 9.20. The van der Waals surface area contributed by atoms with Crippen molar-refractivity contribution in [1.82, 2.24) is 14.8 Å². The van der Waals surface area contributed by atoms with Gasteiger partial charge in [0.2, 0.25) is 0 Å². The van der Waals surface area contributed by atoms with Crippen LogP contribution in [0.2, 0.25) is 0 Å². The Balaban J connectivity index is 1.51. The minimum Gasteiger partial charge on any atom is -0.284 e. The number of thiazole rings is 1. The number of aromatic nitrogens is 3. The monoisotopic (exact) mass is 478 g/mol. The molecule has 0 spiro atoms. The number of carbonyl (C=O) groups excluding carboxylic acids is 1. The summed E-state index contributed by atoms with van der Waals surface area (Å²) in [7, 11) is 0. The molecule has 174 valence electrons. The van der Waals surface area contributed by atoms with E-state index in [9.17, 15) is 4.79 Å². The molecule has 0 saturated heterocycles. The van der Waals surface area contributed by atoms with E-state index in [0.717, 1.165) is 29.1 Å². The zero-order chi connectivity index (χ0) is 24.2. The summed E-state index contributed by atoms with van der Waals surface area (Å²) < 4.78 is 1.84. The average molecular weight is 479 g/mol. The van der Waals surface area contributed by atoms with Crippen molar-refractivity contribution in [3.05, 3.63) is 119 Å². The van der Waals surface area contributed by atoms with E-state index in [2.05, 4.69) is 12.1 Å². The number of anilines is 1. The van der Waals surface area contributed by atoms with Crippen molar-refractivity contribution in [2.45, 2.75) is 20.3 Å². The lowest BCUT2D eigenvalue weighted by atomic mass is 10.1. The molecule has 2 heterocycles. The van der Waals surface area contributed by atoms with Crippen molar-refractivity contribution in [2.75, 3.05) is 11.4 Å². The van der Waals surface area contributed by atoms with Gasteiger partial charge in [-0.25, -0.2) is 9.67 Å². The number of amides is 1. The molecule has 6 heteroatoms. The predicted octanol–water partition coefficient (Wildman–Crippen LogP) is 6.50. The molecule has 5 nitrogen and oxygen atoms in total.